The Bertz CT molecular complexity index is 859. The summed E-state index contributed by atoms with van der Waals surface area (Å²) in [6.07, 6.45) is 1.37. The van der Waals surface area contributed by atoms with Crippen LogP contribution in [0.15, 0.2) is 39.8 Å². The molecule has 3 rings (SSSR count). The van der Waals surface area contributed by atoms with E-state index < -0.39 is 10.0 Å². The molecule has 0 bridgehead atoms. The van der Waals surface area contributed by atoms with E-state index in [-0.39, 0.29) is 36.0 Å². The number of aromatic nitrogens is 3. The van der Waals surface area contributed by atoms with Gasteiger partial charge in [0, 0.05) is 29.6 Å². The molecule has 2 heterocycles. The molecule has 0 unspecified atom stereocenters. The number of carbonyl (C=O) groups is 1. The lowest BCUT2D eigenvalue weighted by molar-refractivity contribution is 0.0434. The molecular weight excluding hydrogens is 410 g/mol. The molecule has 10 heteroatoms. The zero-order chi connectivity index (χ0) is 18.2. The standard InChI is InChI=1S/C15H18BrN5O3S/c1-10-8-20(25(23,24)14-6-4-3-5-12(14)16)9-11(2)21(10)15(22)13-7-17-19-18-13/h3-7,10-11H,8-9H2,1-2H3,(H,17,18,19)/t10-,11+. The van der Waals surface area contributed by atoms with Crippen LogP contribution in [0.25, 0.3) is 0 Å². The van der Waals surface area contributed by atoms with E-state index in [2.05, 4.69) is 31.3 Å². The molecule has 1 N–H and O–H groups in total. The van der Waals surface area contributed by atoms with E-state index in [4.69, 9.17) is 0 Å². The third-order valence-corrected chi connectivity index (χ3v) is 7.06. The van der Waals surface area contributed by atoms with Gasteiger partial charge >= 0.3 is 0 Å². The van der Waals surface area contributed by atoms with Crippen molar-refractivity contribution in [3.8, 4) is 0 Å². The van der Waals surface area contributed by atoms with E-state index >= 15 is 0 Å². The molecule has 1 aliphatic heterocycles. The van der Waals surface area contributed by atoms with Gasteiger partial charge in [-0.05, 0) is 41.9 Å². The lowest BCUT2D eigenvalue weighted by Crippen LogP contribution is -2.59. The predicted octanol–water partition coefficient (Wildman–Crippen LogP) is 1.49. The molecule has 2 aromatic rings. The minimum absolute atomic E-state index is 0.224. The Labute approximate surface area is 154 Å². The SMILES string of the molecule is C[C@@H]1CN(S(=O)(=O)c2ccccc2Br)C[C@H](C)N1C(=O)c1cnn[nH]1. The lowest BCUT2D eigenvalue weighted by atomic mass is 10.1. The Kier molecular flexibility index (Phi) is 4.94. The van der Waals surface area contributed by atoms with Gasteiger partial charge in [0.15, 0.2) is 0 Å². The van der Waals surface area contributed by atoms with Gasteiger partial charge in [-0.2, -0.15) is 4.31 Å². The summed E-state index contributed by atoms with van der Waals surface area (Å²) in [6, 6.07) is 6.17. The van der Waals surface area contributed by atoms with Gasteiger partial charge in [0.05, 0.1) is 11.1 Å². The van der Waals surface area contributed by atoms with Crippen LogP contribution in [0.3, 0.4) is 0 Å². The fourth-order valence-corrected chi connectivity index (χ4v) is 5.67. The number of halogens is 1. The van der Waals surface area contributed by atoms with E-state index in [1.807, 2.05) is 13.8 Å². The summed E-state index contributed by atoms with van der Waals surface area (Å²) in [7, 11) is -3.65. The molecule has 25 heavy (non-hydrogen) atoms. The summed E-state index contributed by atoms with van der Waals surface area (Å²) < 4.78 is 27.9. The molecule has 0 saturated carbocycles. The molecule has 1 saturated heterocycles. The largest absolute Gasteiger partial charge is 0.329 e. The minimum atomic E-state index is -3.65. The zero-order valence-corrected chi connectivity index (χ0v) is 16.2. The highest BCUT2D eigenvalue weighted by Crippen LogP contribution is 2.28. The van der Waals surface area contributed by atoms with Gasteiger partial charge in [-0.25, -0.2) is 8.42 Å². The van der Waals surface area contributed by atoms with E-state index in [9.17, 15) is 13.2 Å². The van der Waals surface area contributed by atoms with Crippen molar-refractivity contribution in [2.24, 2.45) is 0 Å². The van der Waals surface area contributed by atoms with Crippen LogP contribution in [0.5, 0.6) is 0 Å². The minimum Gasteiger partial charge on any atom is -0.329 e. The first kappa shape index (κ1) is 18.0. The molecule has 1 fully saturated rings. The number of hydrogen-bond acceptors (Lipinski definition) is 5. The second-order valence-corrected chi connectivity index (χ2v) is 8.79. The Balaban J connectivity index is 1.85. The highest BCUT2D eigenvalue weighted by atomic mass is 79.9. The second kappa shape index (κ2) is 6.85. The number of aromatic amines is 1. The number of nitrogens with one attached hydrogen (secondary N) is 1. The van der Waals surface area contributed by atoms with Gasteiger partial charge in [0.2, 0.25) is 10.0 Å². The summed E-state index contributed by atoms with van der Waals surface area (Å²) >= 11 is 3.30. The zero-order valence-electron chi connectivity index (χ0n) is 13.8. The van der Waals surface area contributed by atoms with Crippen molar-refractivity contribution in [1.29, 1.82) is 0 Å². The first-order valence-corrected chi connectivity index (χ1v) is 9.99. The summed E-state index contributed by atoms with van der Waals surface area (Å²) in [4.78, 5) is 14.5. The van der Waals surface area contributed by atoms with E-state index in [0.29, 0.717) is 10.2 Å². The van der Waals surface area contributed by atoms with Gasteiger partial charge in [0.25, 0.3) is 5.91 Å². The monoisotopic (exact) mass is 427 g/mol. The Morgan fingerprint density at radius 1 is 1.24 bits per heavy atom. The third kappa shape index (κ3) is 3.33. The molecule has 0 spiro atoms. The molecule has 1 amide bonds. The number of nitrogens with zero attached hydrogens (tertiary/aromatic N) is 4. The third-order valence-electron chi connectivity index (χ3n) is 4.22. The Morgan fingerprint density at radius 2 is 1.88 bits per heavy atom. The van der Waals surface area contributed by atoms with Crippen molar-refractivity contribution in [2.45, 2.75) is 30.8 Å². The second-order valence-electron chi connectivity index (χ2n) is 6.03. The van der Waals surface area contributed by atoms with Gasteiger partial charge < -0.3 is 4.90 Å². The Morgan fingerprint density at radius 3 is 2.44 bits per heavy atom. The number of benzene rings is 1. The summed E-state index contributed by atoms with van der Waals surface area (Å²) in [5, 5.41) is 9.74. The van der Waals surface area contributed by atoms with Crippen LogP contribution in [-0.4, -0.2) is 64.1 Å². The van der Waals surface area contributed by atoms with Crippen LogP contribution in [0.2, 0.25) is 0 Å². The molecule has 0 aliphatic carbocycles. The summed E-state index contributed by atoms with van der Waals surface area (Å²) in [5.41, 5.74) is 0.292. The average Bonchev–Trinajstić information content (AvgIpc) is 3.08. The van der Waals surface area contributed by atoms with Crippen molar-refractivity contribution in [3.05, 3.63) is 40.6 Å². The lowest BCUT2D eigenvalue weighted by Gasteiger charge is -2.43. The highest BCUT2D eigenvalue weighted by Gasteiger charge is 2.39. The topological polar surface area (TPSA) is 99.3 Å². The molecule has 0 radical (unpaired) electrons. The van der Waals surface area contributed by atoms with Crippen molar-refractivity contribution < 1.29 is 13.2 Å². The number of amides is 1. The molecule has 1 aromatic carbocycles. The van der Waals surface area contributed by atoms with Crippen molar-refractivity contribution in [1.82, 2.24) is 24.6 Å². The Hall–Kier alpha value is -1.78. The fourth-order valence-electron chi connectivity index (χ4n) is 3.10. The summed E-state index contributed by atoms with van der Waals surface area (Å²) in [5.74, 6) is -0.233. The smallest absolute Gasteiger partial charge is 0.274 e. The molecule has 134 valence electrons. The number of H-pyrrole nitrogens is 1. The van der Waals surface area contributed by atoms with Crippen LogP contribution in [0.4, 0.5) is 0 Å². The number of hydrogen-bond donors (Lipinski definition) is 1. The van der Waals surface area contributed by atoms with E-state index in [1.54, 1.807) is 29.2 Å². The fraction of sp³-hybridized carbons (Fsp3) is 0.400. The van der Waals surface area contributed by atoms with Crippen LogP contribution in [0.1, 0.15) is 24.3 Å². The maximum Gasteiger partial charge on any atom is 0.274 e. The molecular formula is C15H18BrN5O3S. The van der Waals surface area contributed by atoms with Crippen molar-refractivity contribution in [2.75, 3.05) is 13.1 Å². The maximum atomic E-state index is 13.0. The van der Waals surface area contributed by atoms with E-state index in [0.717, 1.165) is 0 Å². The predicted molar refractivity (Wildman–Crippen MR) is 94.4 cm³/mol. The van der Waals surface area contributed by atoms with Gasteiger partial charge in [-0.15, -0.1) is 5.10 Å². The van der Waals surface area contributed by atoms with E-state index in [1.165, 1.54) is 10.5 Å². The van der Waals surface area contributed by atoms with Crippen molar-refractivity contribution >= 4 is 31.9 Å². The number of piperazine rings is 1. The first-order valence-electron chi connectivity index (χ1n) is 7.75. The number of rotatable bonds is 3. The van der Waals surface area contributed by atoms with Gasteiger partial charge in [-0.1, -0.05) is 17.3 Å². The van der Waals surface area contributed by atoms with Gasteiger partial charge in [0.1, 0.15) is 5.69 Å². The first-order chi connectivity index (χ1) is 11.8. The van der Waals surface area contributed by atoms with Crippen LogP contribution < -0.4 is 0 Å². The quantitative estimate of drug-likeness (QED) is 0.799. The highest BCUT2D eigenvalue weighted by molar-refractivity contribution is 9.10. The number of sulfonamides is 1. The summed E-state index contributed by atoms with van der Waals surface area (Å²) in [6.45, 7) is 4.11. The molecule has 2 atom stereocenters. The van der Waals surface area contributed by atoms with Crippen LogP contribution in [-0.2, 0) is 10.0 Å². The molecule has 8 nitrogen and oxygen atoms in total. The van der Waals surface area contributed by atoms with Crippen molar-refractivity contribution in [3.63, 3.8) is 0 Å². The van der Waals surface area contributed by atoms with Crippen LogP contribution >= 0.6 is 15.9 Å². The number of carbonyl (C=O) groups excluding carboxylic acids is 1. The molecule has 1 aliphatic rings. The van der Waals surface area contributed by atoms with Gasteiger partial charge in [-0.3, -0.25) is 9.89 Å². The normalized spacial score (nSPS) is 22.1. The average molecular weight is 428 g/mol. The molecule has 1 aromatic heterocycles. The maximum absolute atomic E-state index is 13.0. The van der Waals surface area contributed by atoms with Crippen LogP contribution in [0, 0.1) is 0 Å².